The maximum Gasteiger partial charge on any atom is 0.178 e. The maximum absolute atomic E-state index is 12.0. The monoisotopic (exact) mass is 472 g/mol. The van der Waals surface area contributed by atoms with Gasteiger partial charge in [-0.05, 0) is 62.5 Å². The van der Waals surface area contributed by atoms with Crippen molar-refractivity contribution in [3.63, 3.8) is 0 Å². The van der Waals surface area contributed by atoms with E-state index in [1.54, 1.807) is 12.2 Å². The molecule has 6 aliphatic rings. The number of hydrogen-bond acceptors (Lipinski definition) is 6. The van der Waals surface area contributed by atoms with Crippen LogP contribution in [0.1, 0.15) is 71.6 Å². The summed E-state index contributed by atoms with van der Waals surface area (Å²) in [6.45, 7) is 6.40. The van der Waals surface area contributed by atoms with Crippen LogP contribution in [-0.2, 0) is 19.1 Å². The number of aliphatic hydroxyl groups is 2. The lowest BCUT2D eigenvalue weighted by atomic mass is 9.46. The van der Waals surface area contributed by atoms with Crippen molar-refractivity contribution in [2.45, 2.75) is 95.7 Å². The summed E-state index contributed by atoms with van der Waals surface area (Å²) in [5.74, 6) is 1.25. The molecule has 0 aromatic heterocycles. The molecule has 2 N–H and O–H groups in total. The van der Waals surface area contributed by atoms with Gasteiger partial charge in [0.2, 0.25) is 0 Å². The van der Waals surface area contributed by atoms with E-state index in [2.05, 4.69) is 19.9 Å². The number of fused-ring (bicyclic) bond motifs is 7. The van der Waals surface area contributed by atoms with Crippen molar-refractivity contribution in [3.8, 4) is 0 Å². The van der Waals surface area contributed by atoms with E-state index in [4.69, 9.17) is 14.3 Å². The Kier molecular flexibility index (Phi) is 6.20. The second kappa shape index (κ2) is 8.65. The standard InChI is InChI=1S/C27H38O5.CH2O/c1-25-11-10-18(29)12-17(25)8-9-19-20-13-22-27(15-28,26(20,2)14-21(30)23(19)25)32-24(31-22)16-6-4-3-5-7-16;1-2/h10-12,16,19-24,28,30H,3-9,13-15H2,1-2H3;1H2. The Balaban J connectivity index is 0.00000117. The van der Waals surface area contributed by atoms with E-state index in [9.17, 15) is 15.0 Å². The van der Waals surface area contributed by atoms with Crippen LogP contribution in [0.4, 0.5) is 0 Å². The summed E-state index contributed by atoms with van der Waals surface area (Å²) in [4.78, 5) is 20.0. The predicted molar refractivity (Wildman–Crippen MR) is 127 cm³/mol. The highest BCUT2D eigenvalue weighted by Crippen LogP contribution is 2.69. The maximum atomic E-state index is 12.0. The molecule has 1 aliphatic heterocycles. The predicted octanol–water partition coefficient (Wildman–Crippen LogP) is 3.74. The van der Waals surface area contributed by atoms with Gasteiger partial charge in [-0.3, -0.25) is 4.79 Å². The van der Waals surface area contributed by atoms with Gasteiger partial charge in [-0.1, -0.05) is 44.8 Å². The average Bonchev–Trinajstić information content (AvgIpc) is 3.33. The molecule has 4 saturated carbocycles. The van der Waals surface area contributed by atoms with Crippen molar-refractivity contribution in [3.05, 3.63) is 23.8 Å². The molecule has 1 heterocycles. The molecule has 188 valence electrons. The van der Waals surface area contributed by atoms with Gasteiger partial charge >= 0.3 is 0 Å². The number of ketones is 1. The molecule has 1 saturated heterocycles. The highest BCUT2D eigenvalue weighted by Gasteiger charge is 2.73. The van der Waals surface area contributed by atoms with E-state index in [-0.39, 0.29) is 41.5 Å². The lowest BCUT2D eigenvalue weighted by molar-refractivity contribution is -0.217. The number of allylic oxidation sites excluding steroid dienone is 4. The van der Waals surface area contributed by atoms with Crippen LogP contribution in [0.5, 0.6) is 0 Å². The van der Waals surface area contributed by atoms with Gasteiger partial charge < -0.3 is 24.5 Å². The second-order valence-corrected chi connectivity index (χ2v) is 12.0. The Hall–Kier alpha value is -1.34. The number of aliphatic hydroxyl groups excluding tert-OH is 2. The third-order valence-corrected chi connectivity index (χ3v) is 10.7. The number of rotatable bonds is 2. The number of carbonyl (C=O) groups excluding carboxylic acids is 2. The molecule has 34 heavy (non-hydrogen) atoms. The second-order valence-electron chi connectivity index (χ2n) is 12.0. The van der Waals surface area contributed by atoms with Crippen LogP contribution in [0.25, 0.3) is 0 Å². The van der Waals surface area contributed by atoms with Crippen LogP contribution in [0, 0.1) is 34.5 Å². The molecule has 6 rings (SSSR count). The lowest BCUT2D eigenvalue weighted by Crippen LogP contribution is -2.61. The SMILES string of the molecule is C=O.CC12C=CC(=O)C=C1CCC1C2C(O)CC2(C)C1CC1OC(C3CCCCC3)OC12CO. The quantitative estimate of drug-likeness (QED) is 0.636. The molecule has 5 fully saturated rings. The zero-order valence-electron chi connectivity index (χ0n) is 20.6. The van der Waals surface area contributed by atoms with Crippen LogP contribution in [0.15, 0.2) is 23.8 Å². The molecule has 0 amide bonds. The average molecular weight is 473 g/mol. The highest BCUT2D eigenvalue weighted by molar-refractivity contribution is 6.01. The summed E-state index contributed by atoms with van der Waals surface area (Å²) in [7, 11) is 0. The fourth-order valence-corrected chi connectivity index (χ4v) is 9.09. The minimum atomic E-state index is -0.721. The van der Waals surface area contributed by atoms with Crippen LogP contribution in [0.2, 0.25) is 0 Å². The largest absolute Gasteiger partial charge is 0.393 e. The van der Waals surface area contributed by atoms with Crippen molar-refractivity contribution in [1.29, 1.82) is 0 Å². The van der Waals surface area contributed by atoms with E-state index < -0.39 is 11.7 Å². The van der Waals surface area contributed by atoms with Crippen molar-refractivity contribution in [2.24, 2.45) is 34.5 Å². The Morgan fingerprint density at radius 3 is 2.59 bits per heavy atom. The van der Waals surface area contributed by atoms with Gasteiger partial charge in [-0.15, -0.1) is 0 Å². The molecule has 0 radical (unpaired) electrons. The summed E-state index contributed by atoms with van der Waals surface area (Å²) >= 11 is 0. The highest BCUT2D eigenvalue weighted by atomic mass is 16.7. The first kappa shape index (κ1) is 24.4. The van der Waals surface area contributed by atoms with E-state index >= 15 is 0 Å². The third kappa shape index (κ3) is 3.21. The molecule has 9 unspecified atom stereocenters. The Bertz CT molecular complexity index is 876. The molecular formula is C28H40O6. The summed E-state index contributed by atoms with van der Waals surface area (Å²) in [5, 5.41) is 22.4. The number of ether oxygens (including phenoxy) is 2. The van der Waals surface area contributed by atoms with E-state index in [1.165, 1.54) is 24.8 Å². The summed E-state index contributed by atoms with van der Waals surface area (Å²) in [6, 6.07) is 0. The summed E-state index contributed by atoms with van der Waals surface area (Å²) in [6.07, 6.45) is 14.2. The first-order chi connectivity index (χ1) is 16.3. The first-order valence-corrected chi connectivity index (χ1v) is 13.2. The van der Waals surface area contributed by atoms with E-state index in [0.29, 0.717) is 24.2 Å². The summed E-state index contributed by atoms with van der Waals surface area (Å²) in [5.41, 5.74) is -0.133. The topological polar surface area (TPSA) is 93.1 Å². The van der Waals surface area contributed by atoms with Gasteiger partial charge in [0.25, 0.3) is 0 Å². The van der Waals surface area contributed by atoms with E-state index in [1.807, 2.05) is 6.79 Å². The Morgan fingerprint density at radius 1 is 1.15 bits per heavy atom. The first-order valence-electron chi connectivity index (χ1n) is 13.2. The van der Waals surface area contributed by atoms with Crippen molar-refractivity contribution >= 4 is 12.6 Å². The van der Waals surface area contributed by atoms with Crippen molar-refractivity contribution < 1.29 is 29.3 Å². The molecule has 9 atom stereocenters. The molecular weight excluding hydrogens is 432 g/mol. The molecule has 0 spiro atoms. The van der Waals surface area contributed by atoms with E-state index in [0.717, 1.165) is 32.1 Å². The van der Waals surface area contributed by atoms with Gasteiger partial charge in [0, 0.05) is 22.7 Å². The molecule has 6 heteroatoms. The summed E-state index contributed by atoms with van der Waals surface area (Å²) < 4.78 is 13.4. The molecule has 0 aromatic carbocycles. The Morgan fingerprint density at radius 2 is 1.88 bits per heavy atom. The minimum absolute atomic E-state index is 0.0468. The van der Waals surface area contributed by atoms with Crippen molar-refractivity contribution in [1.82, 2.24) is 0 Å². The molecule has 5 aliphatic carbocycles. The van der Waals surface area contributed by atoms with Crippen LogP contribution < -0.4 is 0 Å². The third-order valence-electron chi connectivity index (χ3n) is 10.7. The zero-order valence-corrected chi connectivity index (χ0v) is 20.6. The lowest BCUT2D eigenvalue weighted by Gasteiger charge is -2.60. The van der Waals surface area contributed by atoms with Gasteiger partial charge in [-0.25, -0.2) is 0 Å². The fraction of sp³-hybridized carbons (Fsp3) is 0.786. The molecule has 0 bridgehead atoms. The van der Waals surface area contributed by atoms with Crippen molar-refractivity contribution in [2.75, 3.05) is 6.61 Å². The molecule has 0 aromatic rings. The van der Waals surface area contributed by atoms with Crippen LogP contribution >= 0.6 is 0 Å². The smallest absolute Gasteiger partial charge is 0.178 e. The van der Waals surface area contributed by atoms with Crippen LogP contribution in [0.3, 0.4) is 0 Å². The number of hydrogen-bond donors (Lipinski definition) is 2. The minimum Gasteiger partial charge on any atom is -0.393 e. The van der Waals surface area contributed by atoms with Gasteiger partial charge in [-0.2, -0.15) is 0 Å². The Labute approximate surface area is 202 Å². The normalized spacial score (nSPS) is 49.8. The molecule has 6 nitrogen and oxygen atoms in total. The zero-order chi connectivity index (χ0) is 24.3. The van der Waals surface area contributed by atoms with Crippen LogP contribution in [-0.4, -0.2) is 53.5 Å². The fourth-order valence-electron chi connectivity index (χ4n) is 9.09. The van der Waals surface area contributed by atoms with Gasteiger partial charge in [0.15, 0.2) is 12.1 Å². The number of carbonyl (C=O) groups is 2. The van der Waals surface area contributed by atoms with Gasteiger partial charge in [0.1, 0.15) is 12.4 Å². The van der Waals surface area contributed by atoms with Gasteiger partial charge in [0.05, 0.1) is 18.8 Å².